The average molecular weight is 881 g/mol. The molecule has 4 aliphatic heterocycles. The number of rotatable bonds is 3. The summed E-state index contributed by atoms with van der Waals surface area (Å²) in [5, 5.41) is 7.17. The molecule has 2 saturated carbocycles. The first kappa shape index (κ1) is 58.4. The molecule has 6 atom stereocenters. The second kappa shape index (κ2) is 24.8. The van der Waals surface area contributed by atoms with Crippen molar-refractivity contribution in [1.82, 2.24) is 30.2 Å². The van der Waals surface area contributed by atoms with Crippen molar-refractivity contribution in [2.45, 2.75) is 254 Å². The van der Waals surface area contributed by atoms with E-state index in [0.29, 0.717) is 36.8 Å². The van der Waals surface area contributed by atoms with Gasteiger partial charge >= 0.3 is 0 Å². The standard InChI is InChI=1S/2C9H19N.C8H15F2N.3C8H16FN/c2*1-7-5-8(6-7)10-9(2,3)4;1-8(2,3)11-4-6(9)7(10)5-11;1-6(2)10-4-7(3)8(9)5-10;2*1-8(2,3)10-5-4-7(9)6-10/h2*7-8,10H,5-6H2,1-4H3;6-7H,4-5H2,1-3H3;6-8H,4-5H2,1-3H3;2*7H,4-6H2,1-3H3/t;;6-,7-;7-,8+;2*7-/m..1010/s1. The summed E-state index contributed by atoms with van der Waals surface area (Å²) in [6, 6.07) is 2.10. The Morgan fingerprint density at radius 3 is 0.918 bits per heavy atom. The molecule has 6 rings (SSSR count). The number of hydrogen-bond acceptors (Lipinski definition) is 6. The molecular weight excluding hydrogens is 780 g/mol. The molecule has 61 heavy (non-hydrogen) atoms. The molecule has 0 radical (unpaired) electrons. The minimum atomic E-state index is -1.28. The van der Waals surface area contributed by atoms with Crippen LogP contribution in [-0.2, 0) is 0 Å². The van der Waals surface area contributed by atoms with Crippen LogP contribution in [0.2, 0.25) is 0 Å². The Bertz CT molecular complexity index is 1100. The molecule has 0 amide bonds. The van der Waals surface area contributed by atoms with Gasteiger partial charge in [-0.15, -0.1) is 0 Å². The van der Waals surface area contributed by atoms with Gasteiger partial charge in [-0.3, -0.25) is 19.6 Å². The fraction of sp³-hybridized carbons (Fsp3) is 1.00. The van der Waals surface area contributed by atoms with Crippen LogP contribution in [0.15, 0.2) is 0 Å². The molecule has 2 aliphatic carbocycles. The Balaban J connectivity index is 0.000000366. The van der Waals surface area contributed by atoms with Crippen LogP contribution in [0.4, 0.5) is 22.0 Å². The van der Waals surface area contributed by atoms with Gasteiger partial charge in [0.1, 0.15) is 30.9 Å². The number of halogens is 5. The van der Waals surface area contributed by atoms with Gasteiger partial charge in [0.15, 0.2) is 0 Å². The van der Waals surface area contributed by atoms with Crippen molar-refractivity contribution in [3.05, 3.63) is 0 Å². The number of alkyl halides is 5. The highest BCUT2D eigenvalue weighted by Crippen LogP contribution is 2.29. The van der Waals surface area contributed by atoms with Crippen LogP contribution in [0.3, 0.4) is 0 Å². The smallest absolute Gasteiger partial charge is 0.145 e. The molecule has 6 fully saturated rings. The van der Waals surface area contributed by atoms with Crippen molar-refractivity contribution in [3.63, 3.8) is 0 Å². The Morgan fingerprint density at radius 2 is 0.770 bits per heavy atom. The molecule has 366 valence electrons. The zero-order valence-corrected chi connectivity index (χ0v) is 43.4. The first-order valence-electron chi connectivity index (χ1n) is 24.2. The van der Waals surface area contributed by atoms with E-state index >= 15 is 0 Å². The maximum Gasteiger partial charge on any atom is 0.145 e. The summed E-state index contributed by atoms with van der Waals surface area (Å²) in [6.45, 7) is 48.1. The predicted molar refractivity (Wildman–Crippen MR) is 254 cm³/mol. The molecule has 0 aromatic heterocycles. The molecule has 0 spiro atoms. The molecule has 4 saturated heterocycles. The third-order valence-electron chi connectivity index (χ3n) is 12.6. The summed E-state index contributed by atoms with van der Waals surface area (Å²) in [5.74, 6) is 2.15. The number of hydrogen-bond donors (Lipinski definition) is 2. The molecule has 4 heterocycles. The predicted octanol–water partition coefficient (Wildman–Crippen LogP) is 11.5. The third-order valence-corrected chi connectivity index (χ3v) is 12.6. The van der Waals surface area contributed by atoms with Crippen LogP contribution < -0.4 is 10.6 Å². The summed E-state index contributed by atoms with van der Waals surface area (Å²) < 4.78 is 63.6. The Labute approximate surface area is 375 Å². The van der Waals surface area contributed by atoms with Crippen LogP contribution >= 0.6 is 0 Å². The fourth-order valence-electron chi connectivity index (χ4n) is 8.58. The lowest BCUT2D eigenvalue weighted by atomic mass is 9.81. The summed E-state index contributed by atoms with van der Waals surface area (Å²) in [6.07, 6.45) is 2.60. The highest BCUT2D eigenvalue weighted by molar-refractivity contribution is 4.91. The van der Waals surface area contributed by atoms with E-state index in [4.69, 9.17) is 0 Å². The average Bonchev–Trinajstić information content (AvgIpc) is 3.84. The second-order valence-corrected chi connectivity index (χ2v) is 25.0. The van der Waals surface area contributed by atoms with E-state index in [2.05, 4.69) is 136 Å². The molecule has 0 bridgehead atoms. The monoisotopic (exact) mass is 881 g/mol. The second-order valence-electron chi connectivity index (χ2n) is 25.0. The summed E-state index contributed by atoms with van der Waals surface area (Å²) >= 11 is 0. The summed E-state index contributed by atoms with van der Waals surface area (Å²) in [5.41, 5.74) is 0.822. The molecular formula is C50H101F5N6. The maximum absolute atomic E-state index is 12.9. The molecule has 0 unspecified atom stereocenters. The Morgan fingerprint density at radius 1 is 0.443 bits per heavy atom. The lowest BCUT2D eigenvalue weighted by molar-refractivity contribution is 0.158. The molecule has 6 aliphatic rings. The minimum Gasteiger partial charge on any atom is -0.309 e. The van der Waals surface area contributed by atoms with Crippen LogP contribution in [-0.4, -0.2) is 149 Å². The van der Waals surface area contributed by atoms with Crippen LogP contribution in [0.1, 0.15) is 177 Å². The Kier molecular flexibility index (Phi) is 23.8. The van der Waals surface area contributed by atoms with Crippen LogP contribution in [0.5, 0.6) is 0 Å². The van der Waals surface area contributed by atoms with Gasteiger partial charge in [-0.1, -0.05) is 20.8 Å². The van der Waals surface area contributed by atoms with Crippen molar-refractivity contribution < 1.29 is 22.0 Å². The molecule has 6 nitrogen and oxygen atoms in total. The molecule has 0 aromatic rings. The first-order chi connectivity index (χ1) is 27.5. The van der Waals surface area contributed by atoms with Crippen LogP contribution in [0, 0.1) is 17.8 Å². The zero-order valence-electron chi connectivity index (χ0n) is 43.4. The topological polar surface area (TPSA) is 37.0 Å². The van der Waals surface area contributed by atoms with Gasteiger partial charge in [0.25, 0.3) is 0 Å². The van der Waals surface area contributed by atoms with Crippen molar-refractivity contribution in [2.75, 3.05) is 52.4 Å². The molecule has 2 N–H and O–H groups in total. The van der Waals surface area contributed by atoms with Gasteiger partial charge in [0, 0.05) is 104 Å². The van der Waals surface area contributed by atoms with Crippen molar-refractivity contribution in [2.24, 2.45) is 17.8 Å². The number of nitrogens with one attached hydrogen (secondary N) is 2. The van der Waals surface area contributed by atoms with Crippen molar-refractivity contribution in [1.29, 1.82) is 0 Å². The van der Waals surface area contributed by atoms with E-state index < -0.39 is 30.9 Å². The van der Waals surface area contributed by atoms with Gasteiger partial charge in [-0.25, -0.2) is 22.0 Å². The molecule has 0 aromatic carbocycles. The van der Waals surface area contributed by atoms with E-state index in [-0.39, 0.29) is 35.6 Å². The first-order valence-corrected chi connectivity index (χ1v) is 24.2. The Hall–Kier alpha value is -0.590. The number of nitrogens with zero attached hydrogens (tertiary/aromatic N) is 4. The maximum atomic E-state index is 12.9. The summed E-state index contributed by atoms with van der Waals surface area (Å²) in [7, 11) is 0. The summed E-state index contributed by atoms with van der Waals surface area (Å²) in [4.78, 5) is 8.41. The minimum absolute atomic E-state index is 0.106. The van der Waals surface area contributed by atoms with E-state index in [1.807, 2.05) is 32.6 Å². The van der Waals surface area contributed by atoms with Gasteiger partial charge < -0.3 is 10.6 Å². The van der Waals surface area contributed by atoms with Gasteiger partial charge in [0.05, 0.1) is 0 Å². The molecule has 11 heteroatoms. The number of likely N-dealkylation sites (tertiary alicyclic amines) is 4. The van der Waals surface area contributed by atoms with E-state index in [1.54, 1.807) is 0 Å². The largest absolute Gasteiger partial charge is 0.309 e. The van der Waals surface area contributed by atoms with Crippen molar-refractivity contribution in [3.8, 4) is 0 Å². The highest BCUT2D eigenvalue weighted by atomic mass is 19.2. The van der Waals surface area contributed by atoms with Gasteiger partial charge in [-0.05, 0) is 168 Å². The third kappa shape index (κ3) is 24.5. The normalized spacial score (nSPS) is 32.8. The van der Waals surface area contributed by atoms with Crippen molar-refractivity contribution >= 4 is 0 Å². The van der Waals surface area contributed by atoms with Gasteiger partial charge in [0.2, 0.25) is 0 Å². The quantitative estimate of drug-likeness (QED) is 0.275. The van der Waals surface area contributed by atoms with E-state index in [9.17, 15) is 22.0 Å². The zero-order chi connectivity index (χ0) is 47.5. The fourth-order valence-corrected chi connectivity index (χ4v) is 8.58. The van der Waals surface area contributed by atoms with E-state index in [1.165, 1.54) is 25.7 Å². The SMILES string of the molecule is CC(C)(C)N1CC[C@@H](F)C1.CC(C)(C)N1CC[C@H](F)C1.CC(C)(C)N1C[C@@H](F)[C@H](F)C1.CC(C)N1C[C@@H](F)[C@@H](C)C1.CC1CC(NC(C)(C)C)C1.CC1CC(NC(C)(C)C)C1. The highest BCUT2D eigenvalue weighted by Gasteiger charge is 2.38. The van der Waals surface area contributed by atoms with Crippen LogP contribution in [0.25, 0.3) is 0 Å². The van der Waals surface area contributed by atoms with Gasteiger partial charge in [-0.2, -0.15) is 0 Å². The van der Waals surface area contributed by atoms with E-state index in [0.717, 1.165) is 56.4 Å². The lowest BCUT2D eigenvalue weighted by Gasteiger charge is -2.38. The lowest BCUT2D eigenvalue weighted by Crippen LogP contribution is -2.49.